The van der Waals surface area contributed by atoms with E-state index in [0.29, 0.717) is 0 Å². The van der Waals surface area contributed by atoms with Crippen molar-refractivity contribution in [1.82, 2.24) is 9.80 Å². The van der Waals surface area contributed by atoms with Crippen molar-refractivity contribution in [3.63, 3.8) is 0 Å². The highest BCUT2D eigenvalue weighted by Crippen LogP contribution is 2.48. The van der Waals surface area contributed by atoms with Gasteiger partial charge in [0.05, 0.1) is 11.8 Å². The van der Waals surface area contributed by atoms with Crippen LogP contribution in [0.15, 0.2) is 12.2 Å². The Hall–Kier alpha value is -1.36. The van der Waals surface area contributed by atoms with Crippen LogP contribution in [0.4, 0.5) is 0 Å². The number of nitrogens with zero attached hydrogens (tertiary/aromatic N) is 2. The molecule has 0 unspecified atom stereocenters. The van der Waals surface area contributed by atoms with Crippen molar-refractivity contribution in [2.75, 3.05) is 33.2 Å². The Morgan fingerprint density at radius 3 is 2.21 bits per heavy atom. The summed E-state index contributed by atoms with van der Waals surface area (Å²) in [7, 11) is 2.04. The van der Waals surface area contributed by atoms with E-state index in [-0.39, 0.29) is 23.7 Å². The van der Waals surface area contributed by atoms with Crippen LogP contribution in [0.1, 0.15) is 6.42 Å². The lowest BCUT2D eigenvalue weighted by Crippen LogP contribution is -2.51. The molecule has 104 valence electrons. The SMILES string of the molecule is CN1CCN(C(=O)[C@H]2[C@@H](C(=O)O)[C@@H]3C=C[C@H]2C3)CC1. The normalized spacial score (nSPS) is 37.8. The summed E-state index contributed by atoms with van der Waals surface area (Å²) in [5.41, 5.74) is 0. The Morgan fingerprint density at radius 2 is 1.63 bits per heavy atom. The summed E-state index contributed by atoms with van der Waals surface area (Å²) in [5, 5.41) is 9.38. The average Bonchev–Trinajstić information content (AvgIpc) is 2.98. The van der Waals surface area contributed by atoms with Crippen LogP contribution in [-0.2, 0) is 9.59 Å². The number of carbonyl (C=O) groups excluding carboxylic acids is 1. The Kier molecular flexibility index (Phi) is 3.09. The van der Waals surface area contributed by atoms with E-state index >= 15 is 0 Å². The molecule has 0 spiro atoms. The first kappa shape index (κ1) is 12.7. The van der Waals surface area contributed by atoms with Crippen LogP contribution in [0.2, 0.25) is 0 Å². The van der Waals surface area contributed by atoms with Crippen molar-refractivity contribution in [2.45, 2.75) is 6.42 Å². The van der Waals surface area contributed by atoms with Gasteiger partial charge in [-0.2, -0.15) is 0 Å². The summed E-state index contributed by atoms with van der Waals surface area (Å²) >= 11 is 0. The van der Waals surface area contributed by atoms with Crippen LogP contribution >= 0.6 is 0 Å². The molecular weight excluding hydrogens is 244 g/mol. The molecule has 1 heterocycles. The van der Waals surface area contributed by atoms with Crippen molar-refractivity contribution in [2.24, 2.45) is 23.7 Å². The predicted molar refractivity (Wildman–Crippen MR) is 69.4 cm³/mol. The van der Waals surface area contributed by atoms with E-state index in [4.69, 9.17) is 0 Å². The van der Waals surface area contributed by atoms with E-state index < -0.39 is 11.9 Å². The number of carbonyl (C=O) groups is 2. The minimum Gasteiger partial charge on any atom is -0.481 e. The quantitative estimate of drug-likeness (QED) is 0.728. The van der Waals surface area contributed by atoms with Gasteiger partial charge in [0.2, 0.25) is 5.91 Å². The maximum absolute atomic E-state index is 12.6. The lowest BCUT2D eigenvalue weighted by molar-refractivity contribution is -0.151. The molecule has 19 heavy (non-hydrogen) atoms. The third-order valence-electron chi connectivity index (χ3n) is 4.84. The molecule has 1 saturated heterocycles. The lowest BCUT2D eigenvalue weighted by Gasteiger charge is -2.36. The van der Waals surface area contributed by atoms with Gasteiger partial charge in [0.1, 0.15) is 0 Å². The number of fused-ring (bicyclic) bond motifs is 2. The third kappa shape index (κ3) is 2.06. The Labute approximate surface area is 112 Å². The van der Waals surface area contributed by atoms with Crippen molar-refractivity contribution in [3.8, 4) is 0 Å². The van der Waals surface area contributed by atoms with E-state index in [2.05, 4.69) is 4.90 Å². The van der Waals surface area contributed by atoms with Crippen LogP contribution in [0.5, 0.6) is 0 Å². The maximum Gasteiger partial charge on any atom is 0.307 e. The van der Waals surface area contributed by atoms with Gasteiger partial charge >= 0.3 is 5.97 Å². The lowest BCUT2D eigenvalue weighted by atomic mass is 9.82. The summed E-state index contributed by atoms with van der Waals surface area (Å²) in [6.45, 7) is 3.19. The fourth-order valence-corrected chi connectivity index (χ4v) is 3.73. The number of aliphatic carboxylic acids is 1. The van der Waals surface area contributed by atoms with Crippen LogP contribution in [-0.4, -0.2) is 60.0 Å². The van der Waals surface area contributed by atoms with Gasteiger partial charge < -0.3 is 14.9 Å². The standard InChI is InChI=1S/C14H20N2O3/c1-15-4-6-16(7-5-15)13(17)11-9-2-3-10(8-9)12(11)14(18)19/h2-3,9-12H,4-8H2,1H3,(H,18,19)/t9-,10+,11+,12-/m0/s1. The molecule has 3 rings (SSSR count). The molecule has 5 nitrogen and oxygen atoms in total. The maximum atomic E-state index is 12.6. The van der Waals surface area contributed by atoms with Crippen molar-refractivity contribution in [1.29, 1.82) is 0 Å². The molecule has 1 N–H and O–H groups in total. The van der Waals surface area contributed by atoms with Crippen LogP contribution in [0.3, 0.4) is 0 Å². The molecule has 0 radical (unpaired) electrons. The molecular formula is C14H20N2O3. The highest BCUT2D eigenvalue weighted by molar-refractivity contribution is 5.87. The number of rotatable bonds is 2. The highest BCUT2D eigenvalue weighted by Gasteiger charge is 2.52. The number of carboxylic acids is 1. The molecule has 1 saturated carbocycles. The largest absolute Gasteiger partial charge is 0.481 e. The molecule has 0 aromatic heterocycles. The van der Waals surface area contributed by atoms with Gasteiger partial charge in [0.15, 0.2) is 0 Å². The smallest absolute Gasteiger partial charge is 0.307 e. The average molecular weight is 264 g/mol. The van der Waals surface area contributed by atoms with Gasteiger partial charge in [-0.3, -0.25) is 9.59 Å². The van der Waals surface area contributed by atoms with Crippen LogP contribution in [0.25, 0.3) is 0 Å². The fraction of sp³-hybridized carbons (Fsp3) is 0.714. The zero-order valence-corrected chi connectivity index (χ0v) is 11.2. The first-order valence-corrected chi connectivity index (χ1v) is 6.96. The van der Waals surface area contributed by atoms with Crippen LogP contribution in [0, 0.1) is 23.7 Å². The second-order valence-electron chi connectivity index (χ2n) is 5.97. The molecule has 1 aliphatic heterocycles. The first-order chi connectivity index (χ1) is 9.08. The summed E-state index contributed by atoms with van der Waals surface area (Å²) in [4.78, 5) is 28.1. The third-order valence-corrected chi connectivity index (χ3v) is 4.84. The molecule has 0 aromatic carbocycles. The molecule has 3 aliphatic rings. The van der Waals surface area contributed by atoms with E-state index in [0.717, 1.165) is 32.6 Å². The zero-order chi connectivity index (χ0) is 13.6. The second-order valence-corrected chi connectivity index (χ2v) is 5.97. The monoisotopic (exact) mass is 264 g/mol. The minimum atomic E-state index is -0.815. The summed E-state index contributed by atoms with van der Waals surface area (Å²) in [6.07, 6.45) is 4.86. The summed E-state index contributed by atoms with van der Waals surface area (Å²) in [5.74, 6) is -1.41. The summed E-state index contributed by atoms with van der Waals surface area (Å²) in [6, 6.07) is 0. The number of carboxylic acid groups (broad SMARTS) is 1. The van der Waals surface area contributed by atoms with Crippen LogP contribution < -0.4 is 0 Å². The van der Waals surface area contributed by atoms with Crippen molar-refractivity contribution >= 4 is 11.9 Å². The van der Waals surface area contributed by atoms with Gasteiger partial charge in [-0.1, -0.05) is 12.2 Å². The van der Waals surface area contributed by atoms with E-state index in [1.807, 2.05) is 24.1 Å². The predicted octanol–water partition coefficient (Wildman–Crippen LogP) is 0.283. The minimum absolute atomic E-state index is 0.0531. The number of allylic oxidation sites excluding steroid dienone is 2. The topological polar surface area (TPSA) is 60.9 Å². The van der Waals surface area contributed by atoms with E-state index in [9.17, 15) is 14.7 Å². The molecule has 1 amide bonds. The van der Waals surface area contributed by atoms with Gasteiger partial charge in [-0.25, -0.2) is 0 Å². The molecule has 0 aromatic rings. The number of likely N-dealkylation sites (N-methyl/N-ethyl adjacent to an activating group) is 1. The molecule has 2 aliphatic carbocycles. The van der Waals surface area contributed by atoms with E-state index in [1.54, 1.807) is 0 Å². The number of piperazine rings is 1. The van der Waals surface area contributed by atoms with Gasteiger partial charge in [-0.05, 0) is 25.3 Å². The number of amides is 1. The number of hydrogen-bond acceptors (Lipinski definition) is 3. The molecule has 2 fully saturated rings. The second kappa shape index (κ2) is 4.63. The van der Waals surface area contributed by atoms with Crippen molar-refractivity contribution in [3.05, 3.63) is 12.2 Å². The molecule has 4 atom stereocenters. The molecule has 2 bridgehead atoms. The van der Waals surface area contributed by atoms with Gasteiger partial charge in [0, 0.05) is 26.2 Å². The van der Waals surface area contributed by atoms with Crippen molar-refractivity contribution < 1.29 is 14.7 Å². The first-order valence-electron chi connectivity index (χ1n) is 6.96. The Balaban J connectivity index is 1.75. The Bertz CT molecular complexity index is 426. The highest BCUT2D eigenvalue weighted by atomic mass is 16.4. The zero-order valence-electron chi connectivity index (χ0n) is 11.2. The molecule has 5 heteroatoms. The Morgan fingerprint density at radius 1 is 1.05 bits per heavy atom. The van der Waals surface area contributed by atoms with E-state index in [1.165, 1.54) is 0 Å². The summed E-state index contributed by atoms with van der Waals surface area (Å²) < 4.78 is 0. The fourth-order valence-electron chi connectivity index (χ4n) is 3.73. The number of hydrogen-bond donors (Lipinski definition) is 1. The van der Waals surface area contributed by atoms with Gasteiger partial charge in [0.25, 0.3) is 0 Å². The van der Waals surface area contributed by atoms with Gasteiger partial charge in [-0.15, -0.1) is 0 Å².